The maximum Gasteiger partial charge on any atom is 0.221 e. The Kier molecular flexibility index (Phi) is 5.66. The third-order valence-corrected chi connectivity index (χ3v) is 4.66. The Morgan fingerprint density at radius 2 is 1.96 bits per heavy atom. The largest absolute Gasteiger partial charge is 0.382 e. The number of nitrogens with one attached hydrogen (secondary N) is 2. The summed E-state index contributed by atoms with van der Waals surface area (Å²) < 4.78 is 0. The Morgan fingerprint density at radius 3 is 2.60 bits per heavy atom. The van der Waals surface area contributed by atoms with Crippen LogP contribution in [0.2, 0.25) is 0 Å². The van der Waals surface area contributed by atoms with E-state index >= 15 is 0 Å². The molecule has 1 aromatic heterocycles. The van der Waals surface area contributed by atoms with Gasteiger partial charge in [0.2, 0.25) is 5.91 Å². The lowest BCUT2D eigenvalue weighted by Crippen LogP contribution is -2.44. The highest BCUT2D eigenvalue weighted by atomic mass is 16.1. The summed E-state index contributed by atoms with van der Waals surface area (Å²) in [6.07, 6.45) is 2.97. The number of hydrogen-bond acceptors (Lipinski definition) is 4. The Balaban J connectivity index is 1.52. The molecular formula is C20H26N4O. The summed E-state index contributed by atoms with van der Waals surface area (Å²) in [5, 5.41) is 6.43. The number of carbonyl (C=O) groups is 1. The number of nitrogens with zero attached hydrogens (tertiary/aromatic N) is 2. The number of likely N-dealkylation sites (tertiary alicyclic amines) is 1. The lowest BCUT2D eigenvalue weighted by atomic mass is 9.93. The van der Waals surface area contributed by atoms with Crippen LogP contribution in [0, 0.1) is 5.92 Å². The Morgan fingerprint density at radius 1 is 1.20 bits per heavy atom. The molecule has 5 nitrogen and oxygen atoms in total. The first kappa shape index (κ1) is 17.4. The van der Waals surface area contributed by atoms with E-state index in [2.05, 4.69) is 33.5 Å². The van der Waals surface area contributed by atoms with Crippen LogP contribution in [0.1, 0.15) is 26.0 Å². The minimum atomic E-state index is -0.0467. The van der Waals surface area contributed by atoms with Gasteiger partial charge in [0.25, 0.3) is 0 Å². The van der Waals surface area contributed by atoms with E-state index in [4.69, 9.17) is 0 Å². The number of piperidine rings is 1. The molecule has 2 N–H and O–H groups in total. The van der Waals surface area contributed by atoms with E-state index in [0.29, 0.717) is 12.0 Å². The Hall–Kier alpha value is -2.40. The van der Waals surface area contributed by atoms with Crippen molar-refractivity contribution >= 4 is 17.3 Å². The maximum atomic E-state index is 11.1. The van der Waals surface area contributed by atoms with Gasteiger partial charge in [0.15, 0.2) is 0 Å². The highest BCUT2D eigenvalue weighted by Gasteiger charge is 2.26. The summed E-state index contributed by atoms with van der Waals surface area (Å²) in [7, 11) is 0. The van der Waals surface area contributed by atoms with Crippen LogP contribution in [0.3, 0.4) is 0 Å². The summed E-state index contributed by atoms with van der Waals surface area (Å²) >= 11 is 0. The number of carbonyl (C=O) groups excluding carboxylic acids is 1. The van der Waals surface area contributed by atoms with E-state index in [1.807, 2.05) is 42.6 Å². The molecule has 2 aromatic rings. The number of aromatic nitrogens is 1. The van der Waals surface area contributed by atoms with Crippen molar-refractivity contribution in [3.63, 3.8) is 0 Å². The van der Waals surface area contributed by atoms with E-state index < -0.39 is 0 Å². The van der Waals surface area contributed by atoms with Gasteiger partial charge in [0.1, 0.15) is 0 Å². The molecule has 5 heteroatoms. The molecule has 1 aliphatic rings. The zero-order chi connectivity index (χ0) is 17.6. The van der Waals surface area contributed by atoms with Crippen LogP contribution in [0.15, 0.2) is 48.7 Å². The van der Waals surface area contributed by atoms with Gasteiger partial charge in [-0.3, -0.25) is 14.7 Å². The Bertz CT molecular complexity index is 687. The predicted octanol–water partition coefficient (Wildman–Crippen LogP) is 3.36. The van der Waals surface area contributed by atoms with Crippen LogP contribution in [-0.2, 0) is 11.3 Å². The monoisotopic (exact) mass is 338 g/mol. The molecule has 0 radical (unpaired) electrons. The fourth-order valence-corrected chi connectivity index (χ4v) is 3.38. The molecule has 3 rings (SSSR count). The fraction of sp³-hybridized carbons (Fsp3) is 0.400. The zero-order valence-corrected chi connectivity index (χ0v) is 14.9. The first-order valence-electron chi connectivity index (χ1n) is 8.86. The molecule has 1 aliphatic heterocycles. The SMILES string of the molecule is CC(=O)Nc1ccc(NC2CCN(Cc3ccccn3)CC2C)cc1. The number of benzene rings is 1. The van der Waals surface area contributed by atoms with Gasteiger partial charge in [-0.2, -0.15) is 0 Å². The van der Waals surface area contributed by atoms with E-state index in [1.54, 1.807) is 0 Å². The molecule has 25 heavy (non-hydrogen) atoms. The second kappa shape index (κ2) is 8.12. The van der Waals surface area contributed by atoms with Crippen molar-refractivity contribution in [2.24, 2.45) is 5.92 Å². The second-order valence-corrected chi connectivity index (χ2v) is 6.83. The molecule has 2 atom stereocenters. The molecule has 0 spiro atoms. The molecule has 0 bridgehead atoms. The van der Waals surface area contributed by atoms with Gasteiger partial charge in [-0.15, -0.1) is 0 Å². The molecule has 2 heterocycles. The van der Waals surface area contributed by atoms with Crippen molar-refractivity contribution in [2.45, 2.75) is 32.9 Å². The van der Waals surface area contributed by atoms with Crippen molar-refractivity contribution in [3.05, 3.63) is 54.4 Å². The molecule has 1 saturated heterocycles. The maximum absolute atomic E-state index is 11.1. The van der Waals surface area contributed by atoms with Gasteiger partial charge in [-0.1, -0.05) is 13.0 Å². The first-order chi connectivity index (χ1) is 12.1. The van der Waals surface area contributed by atoms with Crippen LogP contribution < -0.4 is 10.6 Å². The predicted molar refractivity (Wildman–Crippen MR) is 101 cm³/mol. The lowest BCUT2D eigenvalue weighted by Gasteiger charge is -2.37. The normalized spacial score (nSPS) is 20.9. The summed E-state index contributed by atoms with van der Waals surface area (Å²) in [6.45, 7) is 6.88. The van der Waals surface area contributed by atoms with Crippen LogP contribution in [0.5, 0.6) is 0 Å². The van der Waals surface area contributed by atoms with Gasteiger partial charge < -0.3 is 10.6 Å². The number of pyridine rings is 1. The summed E-state index contributed by atoms with van der Waals surface area (Å²) in [6, 6.07) is 14.5. The van der Waals surface area contributed by atoms with E-state index in [1.165, 1.54) is 6.92 Å². The minimum absolute atomic E-state index is 0.0467. The van der Waals surface area contributed by atoms with Crippen molar-refractivity contribution in [1.82, 2.24) is 9.88 Å². The smallest absolute Gasteiger partial charge is 0.221 e. The van der Waals surface area contributed by atoms with Gasteiger partial charge in [-0.05, 0) is 48.7 Å². The summed E-state index contributed by atoms with van der Waals surface area (Å²) in [5.74, 6) is 0.516. The summed E-state index contributed by atoms with van der Waals surface area (Å²) in [4.78, 5) is 18.0. The average molecular weight is 338 g/mol. The van der Waals surface area contributed by atoms with Gasteiger partial charge >= 0.3 is 0 Å². The quantitative estimate of drug-likeness (QED) is 0.878. The van der Waals surface area contributed by atoms with Crippen LogP contribution >= 0.6 is 0 Å². The summed E-state index contributed by atoms with van der Waals surface area (Å²) in [5.41, 5.74) is 3.06. The van der Waals surface area contributed by atoms with Crippen molar-refractivity contribution in [1.29, 1.82) is 0 Å². The Labute approximate surface area is 149 Å². The molecule has 1 aromatic carbocycles. The molecule has 132 valence electrons. The second-order valence-electron chi connectivity index (χ2n) is 6.83. The van der Waals surface area contributed by atoms with E-state index in [9.17, 15) is 4.79 Å². The van der Waals surface area contributed by atoms with Crippen LogP contribution in [0.25, 0.3) is 0 Å². The fourth-order valence-electron chi connectivity index (χ4n) is 3.38. The minimum Gasteiger partial charge on any atom is -0.382 e. The molecule has 1 fully saturated rings. The van der Waals surface area contributed by atoms with Crippen molar-refractivity contribution in [3.8, 4) is 0 Å². The topological polar surface area (TPSA) is 57.3 Å². The molecule has 1 amide bonds. The number of amides is 1. The van der Waals surface area contributed by atoms with Crippen molar-refractivity contribution in [2.75, 3.05) is 23.7 Å². The highest BCUT2D eigenvalue weighted by Crippen LogP contribution is 2.23. The van der Waals surface area contributed by atoms with E-state index in [-0.39, 0.29) is 5.91 Å². The van der Waals surface area contributed by atoms with Gasteiger partial charge in [0, 0.05) is 50.2 Å². The highest BCUT2D eigenvalue weighted by molar-refractivity contribution is 5.88. The number of rotatable bonds is 5. The van der Waals surface area contributed by atoms with E-state index in [0.717, 1.165) is 43.1 Å². The van der Waals surface area contributed by atoms with Gasteiger partial charge in [-0.25, -0.2) is 0 Å². The zero-order valence-electron chi connectivity index (χ0n) is 14.9. The van der Waals surface area contributed by atoms with Crippen LogP contribution in [0.4, 0.5) is 11.4 Å². The average Bonchev–Trinajstić information content (AvgIpc) is 2.59. The third kappa shape index (κ3) is 5.03. The third-order valence-electron chi connectivity index (χ3n) is 4.66. The number of hydrogen-bond donors (Lipinski definition) is 2. The molecule has 0 saturated carbocycles. The first-order valence-corrected chi connectivity index (χ1v) is 8.86. The van der Waals surface area contributed by atoms with Gasteiger partial charge in [0.05, 0.1) is 5.69 Å². The standard InChI is InChI=1S/C20H26N4O/c1-15-13-24(14-19-5-3-4-11-21-19)12-10-20(15)23-18-8-6-17(7-9-18)22-16(2)25/h3-9,11,15,20,23H,10,12-14H2,1-2H3,(H,22,25). The molecule has 0 aliphatic carbocycles. The molecular weight excluding hydrogens is 312 g/mol. The van der Waals surface area contributed by atoms with Crippen molar-refractivity contribution < 1.29 is 4.79 Å². The van der Waals surface area contributed by atoms with Crippen LogP contribution in [-0.4, -0.2) is 34.9 Å². The number of anilines is 2. The molecule has 2 unspecified atom stereocenters. The lowest BCUT2D eigenvalue weighted by molar-refractivity contribution is -0.114.